The molecule has 0 bridgehead atoms. The first kappa shape index (κ1) is 20.2. The van der Waals surface area contributed by atoms with Gasteiger partial charge in [-0.3, -0.25) is 0 Å². The molecule has 3 rings (SSSR count). The van der Waals surface area contributed by atoms with Crippen LogP contribution < -0.4 is 0 Å². The van der Waals surface area contributed by atoms with Crippen molar-refractivity contribution < 1.29 is 9.53 Å². The highest BCUT2D eigenvalue weighted by molar-refractivity contribution is 5.90. The standard InChI is InChI=1S/C25H36O2/c1-4-18(2)17-20-7-9-21(10-8-20)22-11-13-23(14-12-22)25(26)27-24-15-5-19(3)6-16-24/h9,11-14,18-20,24H,4-8,10,15-17H2,1-3H3. The summed E-state index contributed by atoms with van der Waals surface area (Å²) in [6.07, 6.45) is 13.2. The number of allylic oxidation sites excluding steroid dienone is 2. The average molecular weight is 369 g/mol. The number of hydrogen-bond acceptors (Lipinski definition) is 2. The van der Waals surface area contributed by atoms with Crippen LogP contribution in [0.4, 0.5) is 0 Å². The molecular weight excluding hydrogens is 332 g/mol. The Hall–Kier alpha value is -1.57. The van der Waals surface area contributed by atoms with Crippen molar-refractivity contribution in [3.63, 3.8) is 0 Å². The second-order valence-corrected chi connectivity index (χ2v) is 8.98. The fraction of sp³-hybridized carbons (Fsp3) is 0.640. The highest BCUT2D eigenvalue weighted by Crippen LogP contribution is 2.34. The highest BCUT2D eigenvalue weighted by atomic mass is 16.5. The molecule has 0 N–H and O–H groups in total. The Balaban J connectivity index is 1.53. The topological polar surface area (TPSA) is 26.3 Å². The van der Waals surface area contributed by atoms with Crippen molar-refractivity contribution in [1.82, 2.24) is 0 Å². The number of esters is 1. The van der Waals surface area contributed by atoms with E-state index in [4.69, 9.17) is 4.74 Å². The molecule has 2 aliphatic carbocycles. The summed E-state index contributed by atoms with van der Waals surface area (Å²) in [5.74, 6) is 2.29. The maximum absolute atomic E-state index is 12.4. The normalized spacial score (nSPS) is 26.9. The third-order valence-electron chi connectivity index (χ3n) is 6.68. The molecule has 0 radical (unpaired) electrons. The molecule has 0 heterocycles. The summed E-state index contributed by atoms with van der Waals surface area (Å²) in [5.41, 5.74) is 3.39. The van der Waals surface area contributed by atoms with E-state index in [9.17, 15) is 4.79 Å². The Bertz CT molecular complexity index is 635. The minimum absolute atomic E-state index is 0.108. The van der Waals surface area contributed by atoms with Gasteiger partial charge in [-0.1, -0.05) is 45.4 Å². The number of carbonyl (C=O) groups is 1. The van der Waals surface area contributed by atoms with E-state index in [-0.39, 0.29) is 12.1 Å². The Morgan fingerprint density at radius 3 is 2.41 bits per heavy atom. The molecule has 0 spiro atoms. The second kappa shape index (κ2) is 9.57. The quantitative estimate of drug-likeness (QED) is 0.503. The number of hydrogen-bond donors (Lipinski definition) is 0. The van der Waals surface area contributed by atoms with Gasteiger partial charge < -0.3 is 4.74 Å². The largest absolute Gasteiger partial charge is 0.459 e. The van der Waals surface area contributed by atoms with Crippen LogP contribution in [0.2, 0.25) is 0 Å². The van der Waals surface area contributed by atoms with Crippen LogP contribution in [0, 0.1) is 17.8 Å². The third kappa shape index (κ3) is 5.70. The van der Waals surface area contributed by atoms with Gasteiger partial charge in [0, 0.05) is 0 Å². The third-order valence-corrected chi connectivity index (χ3v) is 6.68. The first-order valence-corrected chi connectivity index (χ1v) is 11.1. The van der Waals surface area contributed by atoms with Crippen molar-refractivity contribution in [2.75, 3.05) is 0 Å². The predicted molar refractivity (Wildman–Crippen MR) is 113 cm³/mol. The van der Waals surface area contributed by atoms with Crippen LogP contribution in [0.1, 0.15) is 94.5 Å². The van der Waals surface area contributed by atoms with Crippen LogP contribution >= 0.6 is 0 Å². The molecule has 27 heavy (non-hydrogen) atoms. The van der Waals surface area contributed by atoms with Gasteiger partial charge in [-0.15, -0.1) is 0 Å². The molecule has 2 heteroatoms. The van der Waals surface area contributed by atoms with E-state index in [0.717, 1.165) is 37.0 Å². The van der Waals surface area contributed by atoms with Gasteiger partial charge >= 0.3 is 5.97 Å². The van der Waals surface area contributed by atoms with Crippen molar-refractivity contribution in [1.29, 1.82) is 0 Å². The van der Waals surface area contributed by atoms with Gasteiger partial charge in [0.25, 0.3) is 0 Å². The summed E-state index contributed by atoms with van der Waals surface area (Å²) >= 11 is 0. The van der Waals surface area contributed by atoms with Crippen LogP contribution in [-0.2, 0) is 4.74 Å². The highest BCUT2D eigenvalue weighted by Gasteiger charge is 2.22. The fourth-order valence-electron chi connectivity index (χ4n) is 4.49. The molecule has 0 aromatic heterocycles. The van der Waals surface area contributed by atoms with E-state index >= 15 is 0 Å². The van der Waals surface area contributed by atoms with Gasteiger partial charge in [0.15, 0.2) is 0 Å². The zero-order valence-electron chi connectivity index (χ0n) is 17.4. The molecule has 1 aromatic rings. The molecule has 1 fully saturated rings. The van der Waals surface area contributed by atoms with Crippen LogP contribution in [0.5, 0.6) is 0 Å². The maximum Gasteiger partial charge on any atom is 0.338 e. The van der Waals surface area contributed by atoms with Gasteiger partial charge in [0.1, 0.15) is 6.10 Å². The van der Waals surface area contributed by atoms with E-state index in [2.05, 4.69) is 39.0 Å². The van der Waals surface area contributed by atoms with Crippen LogP contribution in [0.3, 0.4) is 0 Å². The van der Waals surface area contributed by atoms with Crippen molar-refractivity contribution in [2.24, 2.45) is 17.8 Å². The van der Waals surface area contributed by atoms with Crippen LogP contribution in [0.15, 0.2) is 30.3 Å². The second-order valence-electron chi connectivity index (χ2n) is 8.98. The van der Waals surface area contributed by atoms with Gasteiger partial charge in [0.05, 0.1) is 5.56 Å². The number of benzene rings is 1. The maximum atomic E-state index is 12.4. The molecule has 1 saturated carbocycles. The lowest BCUT2D eigenvalue weighted by Crippen LogP contribution is -2.23. The van der Waals surface area contributed by atoms with E-state index in [1.54, 1.807) is 0 Å². The summed E-state index contributed by atoms with van der Waals surface area (Å²) < 4.78 is 5.72. The lowest BCUT2D eigenvalue weighted by Gasteiger charge is -2.26. The van der Waals surface area contributed by atoms with Crippen molar-refractivity contribution >= 4 is 11.5 Å². The van der Waals surface area contributed by atoms with E-state index in [1.807, 2.05) is 12.1 Å². The summed E-state index contributed by atoms with van der Waals surface area (Å²) in [5, 5.41) is 0. The minimum atomic E-state index is -0.160. The van der Waals surface area contributed by atoms with E-state index < -0.39 is 0 Å². The van der Waals surface area contributed by atoms with Crippen molar-refractivity contribution in [3.8, 4) is 0 Å². The molecule has 2 unspecified atom stereocenters. The zero-order valence-corrected chi connectivity index (χ0v) is 17.4. The van der Waals surface area contributed by atoms with E-state index in [1.165, 1.54) is 49.7 Å². The lowest BCUT2D eigenvalue weighted by atomic mass is 9.81. The average Bonchev–Trinajstić information content (AvgIpc) is 2.70. The molecule has 1 aromatic carbocycles. The Morgan fingerprint density at radius 1 is 1.11 bits per heavy atom. The fourth-order valence-corrected chi connectivity index (χ4v) is 4.49. The lowest BCUT2D eigenvalue weighted by molar-refractivity contribution is 0.0174. The van der Waals surface area contributed by atoms with Crippen molar-refractivity contribution in [2.45, 2.75) is 84.7 Å². The summed E-state index contributed by atoms with van der Waals surface area (Å²) in [6.45, 7) is 6.93. The van der Waals surface area contributed by atoms with E-state index in [0.29, 0.717) is 5.56 Å². The SMILES string of the molecule is CCC(C)CC1CC=C(c2ccc(C(=O)OC3CCC(C)CC3)cc2)CC1. The Labute approximate surface area is 165 Å². The molecule has 2 atom stereocenters. The van der Waals surface area contributed by atoms with Crippen LogP contribution in [0.25, 0.3) is 5.57 Å². The Morgan fingerprint density at radius 2 is 1.81 bits per heavy atom. The molecule has 0 amide bonds. The number of carbonyl (C=O) groups excluding carboxylic acids is 1. The molecule has 2 nitrogen and oxygen atoms in total. The smallest absolute Gasteiger partial charge is 0.338 e. The first-order valence-electron chi connectivity index (χ1n) is 11.1. The number of rotatable bonds is 6. The zero-order chi connectivity index (χ0) is 19.2. The summed E-state index contributed by atoms with van der Waals surface area (Å²) in [7, 11) is 0. The molecule has 0 aliphatic heterocycles. The summed E-state index contributed by atoms with van der Waals surface area (Å²) in [6, 6.07) is 8.07. The predicted octanol–water partition coefficient (Wildman–Crippen LogP) is 7.04. The monoisotopic (exact) mass is 368 g/mol. The van der Waals surface area contributed by atoms with Gasteiger partial charge in [-0.05, 0) is 92.4 Å². The molecular formula is C25H36O2. The molecule has 2 aliphatic rings. The van der Waals surface area contributed by atoms with Crippen molar-refractivity contribution in [3.05, 3.63) is 41.5 Å². The Kier molecular flexibility index (Phi) is 7.15. The molecule has 0 saturated heterocycles. The molecule has 148 valence electrons. The number of ether oxygens (including phenoxy) is 1. The minimum Gasteiger partial charge on any atom is -0.459 e. The first-order chi connectivity index (χ1) is 13.0. The van der Waals surface area contributed by atoms with Crippen LogP contribution in [-0.4, -0.2) is 12.1 Å². The van der Waals surface area contributed by atoms with Gasteiger partial charge in [-0.25, -0.2) is 4.79 Å². The van der Waals surface area contributed by atoms with Gasteiger partial charge in [0.2, 0.25) is 0 Å². The summed E-state index contributed by atoms with van der Waals surface area (Å²) in [4.78, 5) is 12.4. The van der Waals surface area contributed by atoms with Gasteiger partial charge in [-0.2, -0.15) is 0 Å².